The van der Waals surface area contributed by atoms with Crippen molar-refractivity contribution in [1.29, 1.82) is 0 Å². The largest absolute Gasteiger partial charge is 0.327 e. The van der Waals surface area contributed by atoms with E-state index in [1.165, 1.54) is 0 Å². The van der Waals surface area contributed by atoms with Gasteiger partial charge in [0, 0.05) is 24.4 Å². The lowest BCUT2D eigenvalue weighted by molar-refractivity contribution is 0.738. The molecule has 0 amide bonds. The summed E-state index contributed by atoms with van der Waals surface area (Å²) in [4.78, 5) is 4.13. The van der Waals surface area contributed by atoms with Gasteiger partial charge in [-0.3, -0.25) is 4.98 Å². The molecule has 0 spiro atoms. The minimum Gasteiger partial charge on any atom is -0.327 e. The predicted octanol–water partition coefficient (Wildman–Crippen LogP) is 1.37. The van der Waals surface area contributed by atoms with Crippen molar-refractivity contribution < 1.29 is 0 Å². The van der Waals surface area contributed by atoms with E-state index in [9.17, 15) is 0 Å². The zero-order chi connectivity index (χ0) is 8.10. The van der Waals surface area contributed by atoms with Crippen molar-refractivity contribution in [1.82, 2.24) is 4.98 Å². The molecule has 0 aromatic carbocycles. The molecule has 59 valence electrons. The molecular weight excluding hydrogens is 136 g/mol. The summed E-state index contributed by atoms with van der Waals surface area (Å²) in [5, 5.41) is 0. The lowest BCUT2D eigenvalue weighted by atomic mass is 10.1. The van der Waals surface area contributed by atoms with Gasteiger partial charge in [0.05, 0.1) is 0 Å². The first-order chi connectivity index (χ1) is 5.33. The third kappa shape index (κ3) is 2.68. The fourth-order valence-corrected chi connectivity index (χ4v) is 0.812. The molecule has 1 radical (unpaired) electrons. The molecule has 1 unspecified atom stereocenters. The normalized spacial score (nSPS) is 12.9. The van der Waals surface area contributed by atoms with Gasteiger partial charge in [-0.2, -0.15) is 0 Å². The Morgan fingerprint density at radius 3 is 3.00 bits per heavy atom. The molecule has 2 nitrogen and oxygen atoms in total. The van der Waals surface area contributed by atoms with Gasteiger partial charge in [0.2, 0.25) is 0 Å². The van der Waals surface area contributed by atoms with Crippen LogP contribution < -0.4 is 5.73 Å². The van der Waals surface area contributed by atoms with Crippen LogP contribution >= 0.6 is 0 Å². The van der Waals surface area contributed by atoms with Gasteiger partial charge in [0.25, 0.3) is 0 Å². The van der Waals surface area contributed by atoms with Gasteiger partial charge in [-0.05, 0) is 18.6 Å². The first-order valence-electron chi connectivity index (χ1n) is 3.84. The molecule has 0 saturated carbocycles. The highest BCUT2D eigenvalue weighted by atomic mass is 14.7. The number of hydrogen-bond acceptors (Lipinski definition) is 2. The number of nitrogens with two attached hydrogens (primary N) is 1. The van der Waals surface area contributed by atoms with Crippen molar-refractivity contribution in [2.45, 2.75) is 19.4 Å². The molecule has 0 bridgehead atoms. The molecule has 0 saturated heterocycles. The van der Waals surface area contributed by atoms with E-state index in [2.05, 4.69) is 11.9 Å². The maximum absolute atomic E-state index is 5.71. The lowest BCUT2D eigenvalue weighted by Crippen LogP contribution is -2.19. The van der Waals surface area contributed by atoms with Crippen molar-refractivity contribution in [3.8, 4) is 0 Å². The molecule has 1 rings (SSSR count). The summed E-state index contributed by atoms with van der Waals surface area (Å²) in [6.45, 7) is 2.06. The van der Waals surface area contributed by atoms with Crippen molar-refractivity contribution >= 4 is 0 Å². The molecule has 1 aromatic rings. The van der Waals surface area contributed by atoms with Crippen LogP contribution in [0.15, 0.2) is 24.4 Å². The molecule has 2 N–H and O–H groups in total. The van der Waals surface area contributed by atoms with Gasteiger partial charge in [0.1, 0.15) is 0 Å². The molecular formula is C9H13N2. The van der Waals surface area contributed by atoms with Crippen LogP contribution in [0, 0.1) is 6.42 Å². The number of rotatable bonds is 3. The van der Waals surface area contributed by atoms with E-state index in [1.807, 2.05) is 24.6 Å². The topological polar surface area (TPSA) is 38.9 Å². The number of pyridine rings is 1. The maximum atomic E-state index is 5.71. The summed E-state index contributed by atoms with van der Waals surface area (Å²) >= 11 is 0. The van der Waals surface area contributed by atoms with E-state index in [4.69, 9.17) is 5.73 Å². The number of hydrogen-bond donors (Lipinski definition) is 1. The summed E-state index contributed by atoms with van der Waals surface area (Å²) in [5.41, 5.74) is 6.67. The Labute approximate surface area is 67.5 Å². The van der Waals surface area contributed by atoms with Gasteiger partial charge in [0.15, 0.2) is 0 Å². The average molecular weight is 149 g/mol. The van der Waals surface area contributed by atoms with Gasteiger partial charge >= 0.3 is 0 Å². The molecule has 1 atom stereocenters. The van der Waals surface area contributed by atoms with Crippen molar-refractivity contribution in [3.63, 3.8) is 0 Å². The number of aromatic nitrogens is 1. The van der Waals surface area contributed by atoms with Crippen LogP contribution in [-0.2, 0) is 0 Å². The van der Waals surface area contributed by atoms with E-state index in [0.29, 0.717) is 0 Å². The van der Waals surface area contributed by atoms with E-state index >= 15 is 0 Å². The number of nitrogens with zero attached hydrogens (tertiary/aromatic N) is 1. The maximum Gasteiger partial charge on any atom is 0.0457 e. The van der Waals surface area contributed by atoms with Crippen molar-refractivity contribution in [3.05, 3.63) is 36.5 Å². The Kier molecular flexibility index (Phi) is 3.05. The Morgan fingerprint density at radius 1 is 1.64 bits per heavy atom. The quantitative estimate of drug-likeness (QED) is 0.705. The lowest BCUT2D eigenvalue weighted by Gasteiger charge is -2.05. The molecule has 0 fully saturated rings. The van der Waals surface area contributed by atoms with Crippen LogP contribution in [0.2, 0.25) is 0 Å². The van der Waals surface area contributed by atoms with Crippen LogP contribution in [0.3, 0.4) is 0 Å². The highest BCUT2D eigenvalue weighted by molar-refractivity contribution is 5.15. The first-order valence-corrected chi connectivity index (χ1v) is 3.84. The second kappa shape index (κ2) is 4.09. The van der Waals surface area contributed by atoms with E-state index in [1.54, 1.807) is 6.20 Å². The fourth-order valence-electron chi connectivity index (χ4n) is 0.812. The van der Waals surface area contributed by atoms with Gasteiger partial charge in [-0.15, -0.1) is 0 Å². The average Bonchev–Trinajstić information content (AvgIpc) is 2.06. The minimum absolute atomic E-state index is 0.130. The van der Waals surface area contributed by atoms with Crippen LogP contribution in [0.25, 0.3) is 0 Å². The molecule has 2 heteroatoms. The van der Waals surface area contributed by atoms with Gasteiger partial charge < -0.3 is 5.73 Å². The van der Waals surface area contributed by atoms with Crippen LogP contribution in [0.4, 0.5) is 0 Å². The fraction of sp³-hybridized carbons (Fsp3) is 0.333. The Balaban J connectivity index is 2.51. The van der Waals surface area contributed by atoms with Crippen LogP contribution in [0.1, 0.15) is 19.0 Å². The van der Waals surface area contributed by atoms with E-state index < -0.39 is 0 Å². The first kappa shape index (κ1) is 8.21. The van der Waals surface area contributed by atoms with E-state index in [-0.39, 0.29) is 6.04 Å². The van der Waals surface area contributed by atoms with Gasteiger partial charge in [-0.1, -0.05) is 13.0 Å². The third-order valence-corrected chi connectivity index (χ3v) is 1.54. The smallest absolute Gasteiger partial charge is 0.0457 e. The molecule has 0 aliphatic rings. The summed E-state index contributed by atoms with van der Waals surface area (Å²) < 4.78 is 0. The molecule has 11 heavy (non-hydrogen) atoms. The molecule has 1 aromatic heterocycles. The minimum atomic E-state index is 0.130. The second-order valence-electron chi connectivity index (χ2n) is 2.49. The standard InChI is InChI=1S/C9H13N2/c1-2-8(10)7-9-5-3-4-6-11-9/h3-8H,2,10H2,1H3. The SMILES string of the molecule is CCC(N)[CH]c1ccccn1. The summed E-state index contributed by atoms with van der Waals surface area (Å²) in [5.74, 6) is 0. The Bertz CT molecular complexity index is 196. The monoisotopic (exact) mass is 149 g/mol. The third-order valence-electron chi connectivity index (χ3n) is 1.54. The Hall–Kier alpha value is -0.890. The summed E-state index contributed by atoms with van der Waals surface area (Å²) in [6, 6.07) is 5.94. The Morgan fingerprint density at radius 2 is 2.45 bits per heavy atom. The van der Waals surface area contributed by atoms with Crippen LogP contribution in [-0.4, -0.2) is 11.0 Å². The second-order valence-corrected chi connectivity index (χ2v) is 2.49. The molecule has 0 aliphatic carbocycles. The highest BCUT2D eigenvalue weighted by Crippen LogP contribution is 2.01. The van der Waals surface area contributed by atoms with E-state index in [0.717, 1.165) is 12.1 Å². The highest BCUT2D eigenvalue weighted by Gasteiger charge is 2.00. The zero-order valence-corrected chi connectivity index (χ0v) is 6.70. The molecule has 1 heterocycles. The van der Waals surface area contributed by atoms with Crippen LogP contribution in [0.5, 0.6) is 0 Å². The summed E-state index contributed by atoms with van der Waals surface area (Å²) in [7, 11) is 0. The molecule has 0 aliphatic heterocycles. The van der Waals surface area contributed by atoms with Crippen molar-refractivity contribution in [2.24, 2.45) is 5.73 Å². The van der Waals surface area contributed by atoms with Gasteiger partial charge in [-0.25, -0.2) is 0 Å². The van der Waals surface area contributed by atoms with Crippen molar-refractivity contribution in [2.75, 3.05) is 0 Å². The summed E-state index contributed by atoms with van der Waals surface area (Å²) in [6.07, 6.45) is 4.70. The zero-order valence-electron chi connectivity index (χ0n) is 6.70. The predicted molar refractivity (Wildman–Crippen MR) is 45.9 cm³/mol.